The molecule has 0 atom stereocenters. The summed E-state index contributed by atoms with van der Waals surface area (Å²) < 4.78 is 55.4. The van der Waals surface area contributed by atoms with E-state index in [1.807, 2.05) is 0 Å². The number of hydrogen-bond acceptors (Lipinski definition) is 4. The number of hydrazine groups is 1. The number of benzene rings is 1. The van der Waals surface area contributed by atoms with E-state index in [9.17, 15) is 8.78 Å². The normalized spacial score (nSPS) is 9.20. The topological polar surface area (TPSA) is 127 Å². The molecule has 0 amide bonds. The molecule has 0 aliphatic carbocycles. The van der Waals surface area contributed by atoms with Gasteiger partial charge in [0.2, 0.25) is 0 Å². The first kappa shape index (κ1) is 16.3. The van der Waals surface area contributed by atoms with Crippen LogP contribution in [0.5, 0.6) is 0 Å². The Morgan fingerprint density at radius 3 is 1.20 bits per heavy atom. The molecule has 0 saturated heterocycles. The van der Waals surface area contributed by atoms with Crippen LogP contribution in [0.2, 0.25) is 0 Å². The van der Waals surface area contributed by atoms with E-state index in [-0.39, 0.29) is 0 Å². The molecule has 0 aliphatic heterocycles. The van der Waals surface area contributed by atoms with Gasteiger partial charge in [0.05, 0.1) is 0 Å². The van der Waals surface area contributed by atoms with Crippen LogP contribution >= 0.6 is 0 Å². The Balaban J connectivity index is 0. The van der Waals surface area contributed by atoms with Gasteiger partial charge < -0.3 is 0 Å². The van der Waals surface area contributed by atoms with Gasteiger partial charge in [-0.2, -0.15) is 8.42 Å². The summed E-state index contributed by atoms with van der Waals surface area (Å²) in [5.74, 6) is 7.18. The molecule has 0 heterocycles. The van der Waals surface area contributed by atoms with Crippen molar-refractivity contribution in [2.45, 2.75) is 0 Å². The van der Waals surface area contributed by atoms with Gasteiger partial charge in [0.25, 0.3) is 0 Å². The Hall–Kier alpha value is -1.13. The summed E-state index contributed by atoms with van der Waals surface area (Å²) in [4.78, 5) is 0. The first-order chi connectivity index (χ1) is 6.79. The molecule has 0 radical (unpaired) electrons. The van der Waals surface area contributed by atoms with Crippen LogP contribution in [-0.4, -0.2) is 17.5 Å². The van der Waals surface area contributed by atoms with Crippen molar-refractivity contribution >= 4 is 10.4 Å². The Kier molecular flexibility index (Phi) is 8.91. The molecular formula is C6H10F2N2O4S. The molecule has 9 heteroatoms. The second-order valence-electron chi connectivity index (χ2n) is 1.88. The van der Waals surface area contributed by atoms with Gasteiger partial charge in [-0.25, -0.2) is 8.78 Å². The molecule has 0 aromatic heterocycles. The maximum Gasteiger partial charge on any atom is 0.394 e. The summed E-state index contributed by atoms with van der Waals surface area (Å²) in [6, 6.07) is 4.31. The smallest absolute Gasteiger partial charge is 0.274 e. The summed E-state index contributed by atoms with van der Waals surface area (Å²) in [5.41, 5.74) is 0. The van der Waals surface area contributed by atoms with Crippen LogP contribution in [0, 0.1) is 11.6 Å². The average molecular weight is 244 g/mol. The molecule has 0 spiro atoms. The molecule has 1 aromatic rings. The zero-order valence-corrected chi connectivity index (χ0v) is 8.16. The maximum atomic E-state index is 11.9. The Labute approximate surface area is 85.1 Å². The number of hydrogen-bond donors (Lipinski definition) is 4. The predicted molar refractivity (Wildman–Crippen MR) is 48.9 cm³/mol. The zero-order chi connectivity index (χ0) is 12.5. The third-order valence-electron chi connectivity index (χ3n) is 0.804. The summed E-state index contributed by atoms with van der Waals surface area (Å²) >= 11 is 0. The van der Waals surface area contributed by atoms with Gasteiger partial charge in [-0.1, -0.05) is 0 Å². The highest BCUT2D eigenvalue weighted by Crippen LogP contribution is 1.98. The Bertz CT molecular complexity index is 325. The van der Waals surface area contributed by atoms with E-state index in [1.165, 1.54) is 0 Å². The lowest BCUT2D eigenvalue weighted by atomic mass is 10.3. The summed E-state index contributed by atoms with van der Waals surface area (Å²) in [6.45, 7) is 0. The predicted octanol–water partition coefficient (Wildman–Crippen LogP) is 0.131. The van der Waals surface area contributed by atoms with E-state index in [1.54, 1.807) is 0 Å². The molecule has 1 aromatic carbocycles. The minimum absolute atomic E-state index is 0.411. The van der Waals surface area contributed by atoms with E-state index >= 15 is 0 Å². The third-order valence-corrected chi connectivity index (χ3v) is 0.804. The van der Waals surface area contributed by atoms with Crippen molar-refractivity contribution in [2.75, 3.05) is 0 Å². The number of rotatable bonds is 0. The second-order valence-corrected chi connectivity index (χ2v) is 2.78. The molecule has 0 aliphatic rings. The van der Waals surface area contributed by atoms with Crippen molar-refractivity contribution in [3.63, 3.8) is 0 Å². The van der Waals surface area contributed by atoms with E-state index in [0.29, 0.717) is 0 Å². The minimum Gasteiger partial charge on any atom is -0.274 e. The van der Waals surface area contributed by atoms with Crippen LogP contribution in [-0.2, 0) is 10.4 Å². The fraction of sp³-hybridized carbons (Fsp3) is 0. The Morgan fingerprint density at radius 1 is 0.933 bits per heavy atom. The first-order valence-corrected chi connectivity index (χ1v) is 4.63. The molecule has 0 unspecified atom stereocenters. The van der Waals surface area contributed by atoms with Crippen LogP contribution in [0.1, 0.15) is 0 Å². The average Bonchev–Trinajstić information content (AvgIpc) is 2.11. The van der Waals surface area contributed by atoms with Crippen molar-refractivity contribution < 1.29 is 26.3 Å². The highest BCUT2D eigenvalue weighted by molar-refractivity contribution is 7.79. The fourth-order valence-corrected chi connectivity index (χ4v) is 0.430. The lowest BCUT2D eigenvalue weighted by molar-refractivity contribution is 0.381. The lowest BCUT2D eigenvalue weighted by Gasteiger charge is -1.83. The summed E-state index contributed by atoms with van der Waals surface area (Å²) in [5, 5.41) is 0. The molecule has 88 valence electrons. The molecule has 15 heavy (non-hydrogen) atoms. The van der Waals surface area contributed by atoms with E-state index < -0.39 is 22.0 Å². The fourth-order valence-electron chi connectivity index (χ4n) is 0.430. The lowest BCUT2D eigenvalue weighted by Crippen LogP contribution is -2.02. The highest BCUT2D eigenvalue weighted by atomic mass is 32.3. The van der Waals surface area contributed by atoms with Crippen molar-refractivity contribution in [3.05, 3.63) is 35.9 Å². The van der Waals surface area contributed by atoms with Crippen LogP contribution in [0.3, 0.4) is 0 Å². The zero-order valence-electron chi connectivity index (χ0n) is 7.34. The SMILES string of the molecule is Fc1ccc(F)cc1.NN.O=S(=O)(O)O. The monoisotopic (exact) mass is 244 g/mol. The van der Waals surface area contributed by atoms with Gasteiger partial charge in [-0.15, -0.1) is 0 Å². The third kappa shape index (κ3) is 19.3. The van der Waals surface area contributed by atoms with Crippen molar-refractivity contribution in [1.29, 1.82) is 0 Å². The van der Waals surface area contributed by atoms with Gasteiger partial charge in [0.15, 0.2) is 0 Å². The largest absolute Gasteiger partial charge is 0.394 e. The highest BCUT2D eigenvalue weighted by Gasteiger charge is 1.86. The quantitative estimate of drug-likeness (QED) is 0.292. The first-order valence-electron chi connectivity index (χ1n) is 3.23. The molecule has 6 nitrogen and oxygen atoms in total. The molecule has 1 rings (SSSR count). The second kappa shape index (κ2) is 8.20. The van der Waals surface area contributed by atoms with E-state index in [4.69, 9.17) is 17.5 Å². The summed E-state index contributed by atoms with van der Waals surface area (Å²) in [6.07, 6.45) is 0. The molecule has 6 N–H and O–H groups in total. The van der Waals surface area contributed by atoms with Crippen LogP contribution in [0.4, 0.5) is 8.78 Å². The van der Waals surface area contributed by atoms with Crippen LogP contribution < -0.4 is 11.7 Å². The molecule has 0 fully saturated rings. The van der Waals surface area contributed by atoms with Gasteiger partial charge in [-0.3, -0.25) is 20.8 Å². The molecule has 0 bridgehead atoms. The van der Waals surface area contributed by atoms with Gasteiger partial charge in [0.1, 0.15) is 11.6 Å². The van der Waals surface area contributed by atoms with Crippen LogP contribution in [0.15, 0.2) is 24.3 Å². The van der Waals surface area contributed by atoms with E-state index in [0.717, 1.165) is 24.3 Å². The van der Waals surface area contributed by atoms with Crippen molar-refractivity contribution in [3.8, 4) is 0 Å². The Morgan fingerprint density at radius 2 is 1.07 bits per heavy atom. The van der Waals surface area contributed by atoms with Crippen LogP contribution in [0.25, 0.3) is 0 Å². The minimum atomic E-state index is -4.67. The number of halogens is 2. The standard InChI is InChI=1S/C6H4F2.H4N2.H2O4S/c7-5-1-2-6(8)4-3-5;1-2;1-5(2,3)4/h1-4H;1-2H2;(H2,1,2,3,4). The van der Waals surface area contributed by atoms with Gasteiger partial charge in [-0.05, 0) is 24.3 Å². The van der Waals surface area contributed by atoms with Gasteiger partial charge >= 0.3 is 10.4 Å². The maximum absolute atomic E-state index is 11.9. The summed E-state index contributed by atoms with van der Waals surface area (Å²) in [7, 11) is -4.67. The number of nitrogens with two attached hydrogens (primary N) is 2. The molecule has 0 saturated carbocycles. The van der Waals surface area contributed by atoms with E-state index in [2.05, 4.69) is 11.7 Å². The van der Waals surface area contributed by atoms with Crippen molar-refractivity contribution in [1.82, 2.24) is 0 Å². The van der Waals surface area contributed by atoms with Crippen molar-refractivity contribution in [2.24, 2.45) is 11.7 Å². The van der Waals surface area contributed by atoms with Gasteiger partial charge in [0, 0.05) is 0 Å². The molecular weight excluding hydrogens is 234 g/mol.